The summed E-state index contributed by atoms with van der Waals surface area (Å²) in [4.78, 5) is 27.8. The van der Waals surface area contributed by atoms with Crippen molar-refractivity contribution in [1.29, 1.82) is 0 Å². The highest BCUT2D eigenvalue weighted by molar-refractivity contribution is 8.23. The first-order chi connectivity index (χ1) is 15.8. The molecule has 3 fully saturated rings. The highest BCUT2D eigenvalue weighted by atomic mass is 32.2. The zero-order valence-corrected chi connectivity index (χ0v) is 23.5. The van der Waals surface area contributed by atoms with Crippen LogP contribution in [0.5, 0.6) is 0 Å². The number of allylic oxidation sites excluding steroid dienone is 1. The van der Waals surface area contributed by atoms with E-state index < -0.39 is 5.60 Å². The van der Waals surface area contributed by atoms with Crippen molar-refractivity contribution in [3.63, 3.8) is 0 Å². The molecule has 3 saturated carbocycles. The van der Waals surface area contributed by atoms with E-state index in [-0.39, 0.29) is 40.2 Å². The molecule has 0 aromatic heterocycles. The van der Waals surface area contributed by atoms with E-state index >= 15 is 0 Å². The monoisotopic (exact) mass is 505 g/mol. The topological polar surface area (TPSA) is 57.6 Å². The Morgan fingerprint density at radius 1 is 1.09 bits per heavy atom. The van der Waals surface area contributed by atoms with Crippen LogP contribution in [0.15, 0.2) is 11.6 Å². The number of carbonyl (C=O) groups excluding carboxylic acids is 2. The summed E-state index contributed by atoms with van der Waals surface area (Å²) >= 11 is 7.10. The number of nitrogens with zero attached hydrogens (tertiary/aromatic N) is 1. The van der Waals surface area contributed by atoms with Gasteiger partial charge >= 0.3 is 0 Å². The minimum Gasteiger partial charge on any atom is -0.381 e. The average molecular weight is 506 g/mol. The van der Waals surface area contributed by atoms with Crippen LogP contribution in [-0.4, -0.2) is 49.3 Å². The highest BCUT2D eigenvalue weighted by Crippen LogP contribution is 2.67. The second-order valence-electron chi connectivity index (χ2n) is 12.4. The van der Waals surface area contributed by atoms with Crippen LogP contribution in [0, 0.1) is 28.6 Å². The Morgan fingerprint density at radius 2 is 1.74 bits per heavy atom. The van der Waals surface area contributed by atoms with Crippen LogP contribution in [0.3, 0.4) is 0 Å². The summed E-state index contributed by atoms with van der Waals surface area (Å²) in [5, 5.41) is 11.9. The van der Waals surface area contributed by atoms with Gasteiger partial charge in [0.25, 0.3) is 0 Å². The standard InChI is InChI=1S/C28H43NO3S2/c1-17(2)29(18(3)4)25(33)34-16-24(31)28(32)14-11-23-21-8-7-19-15-20(30)9-12-26(19,5)22(21)10-13-27(23,28)6/h15,17-18,21-23,32H,7-14,16H2,1-6H3. The van der Waals surface area contributed by atoms with Gasteiger partial charge in [-0.3, -0.25) is 9.59 Å². The van der Waals surface area contributed by atoms with Gasteiger partial charge < -0.3 is 10.0 Å². The van der Waals surface area contributed by atoms with E-state index in [1.165, 1.54) is 17.3 Å². The van der Waals surface area contributed by atoms with Crippen LogP contribution in [0.25, 0.3) is 0 Å². The molecule has 4 aliphatic carbocycles. The van der Waals surface area contributed by atoms with Crippen LogP contribution >= 0.6 is 24.0 Å². The van der Waals surface area contributed by atoms with Crippen molar-refractivity contribution < 1.29 is 14.7 Å². The first kappa shape index (κ1) is 26.3. The Balaban J connectivity index is 1.50. The molecule has 4 nitrogen and oxygen atoms in total. The van der Waals surface area contributed by atoms with Crippen LogP contribution < -0.4 is 0 Å². The van der Waals surface area contributed by atoms with E-state index in [4.69, 9.17) is 12.2 Å². The van der Waals surface area contributed by atoms with Crippen molar-refractivity contribution in [3.05, 3.63) is 11.6 Å². The SMILES string of the molecule is CC(C)N(C(=S)SCC(=O)C1(O)CCC2C3CCC4=CC(=O)CCC4(C)C3CCC21C)C(C)C. The van der Waals surface area contributed by atoms with Crippen molar-refractivity contribution in [1.82, 2.24) is 4.90 Å². The number of ketones is 2. The third-order valence-electron chi connectivity index (χ3n) is 10.2. The number of thiocarbonyl (C=S) groups is 1. The Labute approximate surface area is 215 Å². The Kier molecular flexibility index (Phi) is 7.21. The summed E-state index contributed by atoms with van der Waals surface area (Å²) < 4.78 is 0.747. The molecule has 1 N–H and O–H groups in total. The molecular formula is C28H43NO3S2. The molecule has 4 aliphatic rings. The van der Waals surface area contributed by atoms with Crippen molar-refractivity contribution in [2.75, 3.05) is 5.75 Å². The summed E-state index contributed by atoms with van der Waals surface area (Å²) in [6.45, 7) is 13.1. The van der Waals surface area contributed by atoms with Crippen molar-refractivity contribution >= 4 is 39.9 Å². The predicted octanol–water partition coefficient (Wildman–Crippen LogP) is 5.96. The van der Waals surface area contributed by atoms with Gasteiger partial charge in [-0.05, 0) is 102 Å². The van der Waals surface area contributed by atoms with Gasteiger partial charge in [-0.25, -0.2) is 0 Å². The van der Waals surface area contributed by atoms with Crippen molar-refractivity contribution in [2.45, 2.75) is 111 Å². The van der Waals surface area contributed by atoms with E-state index in [9.17, 15) is 14.7 Å². The largest absolute Gasteiger partial charge is 0.381 e. The number of Topliss-reactive ketones (excluding diaryl/α,β-unsaturated/α-hetero) is 1. The molecule has 0 amide bonds. The van der Waals surface area contributed by atoms with Gasteiger partial charge in [0.05, 0.1) is 5.75 Å². The lowest BCUT2D eigenvalue weighted by Crippen LogP contribution is -2.58. The maximum absolute atomic E-state index is 13.6. The molecular weight excluding hydrogens is 462 g/mol. The third kappa shape index (κ3) is 4.04. The van der Waals surface area contributed by atoms with Crippen LogP contribution in [0.4, 0.5) is 0 Å². The van der Waals surface area contributed by atoms with E-state index in [1.54, 1.807) is 0 Å². The maximum Gasteiger partial charge on any atom is 0.175 e. The number of hydrogen-bond donors (Lipinski definition) is 1. The second kappa shape index (κ2) is 9.30. The first-order valence-corrected chi connectivity index (χ1v) is 14.7. The van der Waals surface area contributed by atoms with Crippen LogP contribution in [0.2, 0.25) is 0 Å². The predicted molar refractivity (Wildman–Crippen MR) is 144 cm³/mol. The second-order valence-corrected chi connectivity index (χ2v) is 14.0. The minimum absolute atomic E-state index is 0.0402. The molecule has 0 aromatic rings. The number of fused-ring (bicyclic) bond motifs is 5. The van der Waals surface area contributed by atoms with E-state index in [1.807, 2.05) is 6.08 Å². The third-order valence-corrected chi connectivity index (χ3v) is 11.7. The van der Waals surface area contributed by atoms with E-state index in [0.717, 1.165) is 42.8 Å². The lowest BCUT2D eigenvalue weighted by molar-refractivity contribution is -0.159. The number of carbonyl (C=O) groups is 2. The molecule has 0 aromatic carbocycles. The molecule has 6 atom stereocenters. The fraction of sp³-hybridized carbons (Fsp3) is 0.821. The highest BCUT2D eigenvalue weighted by Gasteiger charge is 2.66. The Bertz CT molecular complexity index is 890. The number of rotatable bonds is 5. The van der Waals surface area contributed by atoms with Gasteiger partial charge in [-0.1, -0.05) is 43.4 Å². The van der Waals surface area contributed by atoms with Crippen LogP contribution in [-0.2, 0) is 9.59 Å². The summed E-state index contributed by atoms with van der Waals surface area (Å²) in [7, 11) is 0. The molecule has 0 radical (unpaired) electrons. The number of aliphatic hydroxyl groups is 1. The number of thioether (sulfide) groups is 1. The normalized spacial score (nSPS) is 39.4. The van der Waals surface area contributed by atoms with Crippen LogP contribution in [0.1, 0.15) is 92.9 Å². The zero-order chi connectivity index (χ0) is 25.1. The minimum atomic E-state index is -1.26. The Morgan fingerprint density at radius 3 is 2.38 bits per heavy atom. The van der Waals surface area contributed by atoms with Gasteiger partial charge in [0.2, 0.25) is 0 Å². The van der Waals surface area contributed by atoms with E-state index in [2.05, 4.69) is 46.4 Å². The summed E-state index contributed by atoms with van der Waals surface area (Å²) in [5.74, 6) is 1.95. The molecule has 0 saturated heterocycles. The lowest BCUT2D eigenvalue weighted by Gasteiger charge is -2.58. The van der Waals surface area contributed by atoms with E-state index in [0.29, 0.717) is 30.6 Å². The molecule has 4 rings (SSSR count). The quantitative estimate of drug-likeness (QED) is 0.466. The lowest BCUT2D eigenvalue weighted by atomic mass is 9.46. The molecule has 0 bridgehead atoms. The van der Waals surface area contributed by atoms with Gasteiger partial charge in [0.1, 0.15) is 9.92 Å². The number of hydrogen-bond acceptors (Lipinski definition) is 5. The molecule has 6 unspecified atom stereocenters. The summed E-state index contributed by atoms with van der Waals surface area (Å²) in [6, 6.07) is 0.562. The summed E-state index contributed by atoms with van der Waals surface area (Å²) in [6.07, 6.45) is 9.06. The van der Waals surface area contributed by atoms with Crippen molar-refractivity contribution in [2.24, 2.45) is 28.6 Å². The maximum atomic E-state index is 13.6. The zero-order valence-electron chi connectivity index (χ0n) is 21.9. The van der Waals surface area contributed by atoms with Gasteiger partial charge in [0, 0.05) is 23.9 Å². The first-order valence-electron chi connectivity index (χ1n) is 13.3. The van der Waals surface area contributed by atoms with Crippen molar-refractivity contribution in [3.8, 4) is 0 Å². The van der Waals surface area contributed by atoms with Gasteiger partial charge in [0.15, 0.2) is 11.6 Å². The fourth-order valence-corrected chi connectivity index (χ4v) is 10.0. The molecule has 0 heterocycles. The molecule has 6 heteroatoms. The van der Waals surface area contributed by atoms with Gasteiger partial charge in [-0.2, -0.15) is 0 Å². The molecule has 190 valence electrons. The average Bonchev–Trinajstić information content (AvgIpc) is 3.04. The molecule has 34 heavy (non-hydrogen) atoms. The Hall–Kier alpha value is -0.720. The molecule has 0 spiro atoms. The smallest absolute Gasteiger partial charge is 0.175 e. The molecule has 0 aliphatic heterocycles. The van der Waals surface area contributed by atoms with Gasteiger partial charge in [-0.15, -0.1) is 0 Å². The fourth-order valence-electron chi connectivity index (χ4n) is 8.37. The summed E-state index contributed by atoms with van der Waals surface area (Å²) in [5.41, 5.74) is -0.152.